The van der Waals surface area contributed by atoms with E-state index in [9.17, 15) is 9.90 Å². The Kier molecular flexibility index (Phi) is 9.59. The Morgan fingerprint density at radius 1 is 1.24 bits per heavy atom. The van der Waals surface area contributed by atoms with E-state index in [1.54, 1.807) is 12.1 Å². The first-order chi connectivity index (χ1) is 11.7. The Hall–Kier alpha value is -1.54. The lowest BCUT2D eigenvalue weighted by molar-refractivity contribution is -0.174. The molecule has 1 fully saturated rings. The quantitative estimate of drug-likeness (QED) is 0.462. The number of nitrogens with one attached hydrogen (secondary N) is 1. The number of esters is 1. The van der Waals surface area contributed by atoms with Crippen LogP contribution in [0, 0.1) is 17.8 Å². The number of ether oxygens (including phenoxy) is 1. The third kappa shape index (κ3) is 5.74. The van der Waals surface area contributed by atoms with Gasteiger partial charge in [0.15, 0.2) is 12.2 Å². The average molecular weight is 366 g/mol. The molecular formula is C20H28ClNO3. The summed E-state index contributed by atoms with van der Waals surface area (Å²) in [7, 11) is 0. The van der Waals surface area contributed by atoms with Gasteiger partial charge in [-0.25, -0.2) is 4.79 Å². The summed E-state index contributed by atoms with van der Waals surface area (Å²) in [6.07, 6.45) is 4.91. The van der Waals surface area contributed by atoms with Gasteiger partial charge in [0.1, 0.15) is 0 Å². The topological polar surface area (TPSA) is 58.6 Å². The van der Waals surface area contributed by atoms with Crippen LogP contribution in [0.3, 0.4) is 0 Å². The molecule has 1 unspecified atom stereocenters. The number of rotatable bonds is 6. The maximum Gasteiger partial charge on any atom is 0.344 e. The number of carbonyl (C=O) groups is 1. The van der Waals surface area contributed by atoms with Crippen LogP contribution in [-0.4, -0.2) is 30.8 Å². The number of aliphatic hydroxyl groups is 1. The number of hydrogen-bond donors (Lipinski definition) is 2. The second kappa shape index (κ2) is 11.1. The predicted molar refractivity (Wildman–Crippen MR) is 101 cm³/mol. The Morgan fingerprint density at radius 2 is 1.92 bits per heavy atom. The Bertz CT molecular complexity index is 576. The molecule has 1 aliphatic carbocycles. The second-order valence-electron chi connectivity index (χ2n) is 6.18. The van der Waals surface area contributed by atoms with E-state index in [2.05, 4.69) is 17.2 Å². The Morgan fingerprint density at radius 3 is 2.56 bits per heavy atom. The van der Waals surface area contributed by atoms with E-state index in [0.29, 0.717) is 12.1 Å². The van der Waals surface area contributed by atoms with Crippen LogP contribution in [-0.2, 0) is 15.1 Å². The van der Waals surface area contributed by atoms with E-state index < -0.39 is 11.6 Å². The molecule has 25 heavy (non-hydrogen) atoms. The van der Waals surface area contributed by atoms with Crippen molar-refractivity contribution in [1.82, 2.24) is 5.32 Å². The van der Waals surface area contributed by atoms with Crippen LogP contribution in [0.5, 0.6) is 0 Å². The summed E-state index contributed by atoms with van der Waals surface area (Å²) < 4.78 is 5.30. The fourth-order valence-corrected chi connectivity index (χ4v) is 3.25. The second-order valence-corrected chi connectivity index (χ2v) is 6.18. The molecular weight excluding hydrogens is 338 g/mol. The van der Waals surface area contributed by atoms with Crippen molar-refractivity contribution in [1.29, 1.82) is 0 Å². The first-order valence-electron chi connectivity index (χ1n) is 8.81. The summed E-state index contributed by atoms with van der Waals surface area (Å²) in [6, 6.07) is 9.15. The van der Waals surface area contributed by atoms with Gasteiger partial charge in [0, 0.05) is 5.92 Å². The maximum atomic E-state index is 12.7. The lowest BCUT2D eigenvalue weighted by Gasteiger charge is -2.36. The molecule has 1 aromatic carbocycles. The summed E-state index contributed by atoms with van der Waals surface area (Å²) in [4.78, 5) is 12.7. The van der Waals surface area contributed by atoms with Crippen molar-refractivity contribution in [3.8, 4) is 11.8 Å². The van der Waals surface area contributed by atoms with Crippen LogP contribution in [0.2, 0.25) is 0 Å². The number of hydrogen-bond acceptors (Lipinski definition) is 4. The van der Waals surface area contributed by atoms with Gasteiger partial charge in [0.05, 0.1) is 6.54 Å². The Balaban J connectivity index is 0.00000312. The molecule has 1 atom stereocenters. The first-order valence-corrected chi connectivity index (χ1v) is 8.81. The van der Waals surface area contributed by atoms with Crippen LogP contribution in [0.1, 0.15) is 44.6 Å². The minimum atomic E-state index is -1.58. The molecule has 0 aromatic heterocycles. The summed E-state index contributed by atoms with van der Waals surface area (Å²) in [6.45, 7) is 3.43. The van der Waals surface area contributed by atoms with E-state index in [1.165, 1.54) is 0 Å². The van der Waals surface area contributed by atoms with Crippen molar-refractivity contribution in [2.24, 2.45) is 5.92 Å². The van der Waals surface area contributed by atoms with Crippen molar-refractivity contribution in [2.45, 2.75) is 44.6 Å². The minimum Gasteiger partial charge on any atom is -0.450 e. The third-order valence-corrected chi connectivity index (χ3v) is 4.58. The third-order valence-electron chi connectivity index (χ3n) is 4.58. The molecule has 0 heterocycles. The highest BCUT2D eigenvalue weighted by molar-refractivity contribution is 5.85. The van der Waals surface area contributed by atoms with Gasteiger partial charge < -0.3 is 15.2 Å². The number of halogens is 1. The van der Waals surface area contributed by atoms with Crippen LogP contribution < -0.4 is 5.32 Å². The van der Waals surface area contributed by atoms with Crippen LogP contribution in [0.4, 0.5) is 0 Å². The molecule has 0 saturated heterocycles. The standard InChI is InChI=1S/C20H27NO3.ClH/c1-2-21-15-9-10-16-24-19(22)20(23,17-11-5-3-6-12-17)18-13-7-4-8-14-18;/h3,5-6,11-12,18,21,23H,2,4,7-8,13-16H2,1H3;1H. The van der Waals surface area contributed by atoms with E-state index in [-0.39, 0.29) is 24.9 Å². The monoisotopic (exact) mass is 365 g/mol. The van der Waals surface area contributed by atoms with E-state index >= 15 is 0 Å². The summed E-state index contributed by atoms with van der Waals surface area (Å²) in [5.41, 5.74) is -0.965. The zero-order valence-electron chi connectivity index (χ0n) is 14.8. The molecule has 5 heteroatoms. The maximum absolute atomic E-state index is 12.7. The molecule has 0 bridgehead atoms. The zero-order chi connectivity index (χ0) is 17.3. The van der Waals surface area contributed by atoms with Gasteiger partial charge in [-0.3, -0.25) is 0 Å². The van der Waals surface area contributed by atoms with Gasteiger partial charge in [-0.15, -0.1) is 12.4 Å². The number of benzene rings is 1. The molecule has 1 saturated carbocycles. The molecule has 0 amide bonds. The largest absolute Gasteiger partial charge is 0.450 e. The van der Waals surface area contributed by atoms with Gasteiger partial charge in [-0.05, 0) is 24.9 Å². The molecule has 0 radical (unpaired) electrons. The molecule has 0 spiro atoms. The van der Waals surface area contributed by atoms with Gasteiger partial charge in [-0.1, -0.05) is 68.4 Å². The molecule has 0 aliphatic heterocycles. The summed E-state index contributed by atoms with van der Waals surface area (Å²) in [5.74, 6) is 5.02. The van der Waals surface area contributed by atoms with Gasteiger partial charge in [0.25, 0.3) is 0 Å². The first kappa shape index (κ1) is 21.5. The molecule has 1 aliphatic rings. The molecule has 4 nitrogen and oxygen atoms in total. The van der Waals surface area contributed by atoms with Crippen molar-refractivity contribution in [3.05, 3.63) is 35.9 Å². The lowest BCUT2D eigenvalue weighted by atomic mass is 9.73. The van der Waals surface area contributed by atoms with Crippen LogP contribution in [0.25, 0.3) is 0 Å². The summed E-state index contributed by atoms with van der Waals surface area (Å²) in [5, 5.41) is 14.4. The Labute approximate surface area is 156 Å². The van der Waals surface area contributed by atoms with Gasteiger partial charge >= 0.3 is 5.97 Å². The zero-order valence-corrected chi connectivity index (χ0v) is 15.6. The SMILES string of the molecule is CCNCC#CCOC(=O)C(O)(c1ccccc1)C1CCCCC1.Cl. The molecule has 2 rings (SSSR count). The highest BCUT2D eigenvalue weighted by atomic mass is 35.5. The highest BCUT2D eigenvalue weighted by Crippen LogP contribution is 2.40. The number of carbonyl (C=O) groups excluding carboxylic acids is 1. The van der Waals surface area contributed by atoms with E-state index in [1.807, 2.05) is 25.1 Å². The predicted octanol–water partition coefficient (Wildman–Crippen LogP) is 3.03. The fourth-order valence-electron chi connectivity index (χ4n) is 3.25. The summed E-state index contributed by atoms with van der Waals surface area (Å²) >= 11 is 0. The van der Waals surface area contributed by atoms with E-state index in [4.69, 9.17) is 4.74 Å². The van der Waals surface area contributed by atoms with Crippen molar-refractivity contribution in [2.75, 3.05) is 19.7 Å². The normalized spacial score (nSPS) is 16.7. The molecule has 1 aromatic rings. The van der Waals surface area contributed by atoms with Crippen molar-refractivity contribution < 1.29 is 14.6 Å². The van der Waals surface area contributed by atoms with E-state index in [0.717, 1.165) is 38.6 Å². The molecule has 138 valence electrons. The van der Waals surface area contributed by atoms with Gasteiger partial charge in [0.2, 0.25) is 0 Å². The van der Waals surface area contributed by atoms with Crippen LogP contribution >= 0.6 is 12.4 Å². The minimum absolute atomic E-state index is 0. The van der Waals surface area contributed by atoms with Crippen LogP contribution in [0.15, 0.2) is 30.3 Å². The average Bonchev–Trinajstić information content (AvgIpc) is 2.65. The van der Waals surface area contributed by atoms with Crippen molar-refractivity contribution >= 4 is 18.4 Å². The fraction of sp³-hybridized carbons (Fsp3) is 0.550. The van der Waals surface area contributed by atoms with Gasteiger partial charge in [-0.2, -0.15) is 0 Å². The highest BCUT2D eigenvalue weighted by Gasteiger charge is 2.46. The smallest absolute Gasteiger partial charge is 0.344 e. The van der Waals surface area contributed by atoms with Crippen molar-refractivity contribution in [3.63, 3.8) is 0 Å². The molecule has 2 N–H and O–H groups in total. The lowest BCUT2D eigenvalue weighted by Crippen LogP contribution is -2.45.